The summed E-state index contributed by atoms with van der Waals surface area (Å²) >= 11 is 7.33. The van der Waals surface area contributed by atoms with Gasteiger partial charge in [-0.25, -0.2) is 4.68 Å². The lowest BCUT2D eigenvalue weighted by atomic mass is 9.98. The fourth-order valence-corrected chi connectivity index (χ4v) is 4.23. The van der Waals surface area contributed by atoms with E-state index in [1.807, 2.05) is 17.0 Å². The van der Waals surface area contributed by atoms with Gasteiger partial charge in [-0.1, -0.05) is 35.5 Å². The number of nitrogen functional groups attached to an aromatic ring is 1. The van der Waals surface area contributed by atoms with Gasteiger partial charge in [-0.05, 0) is 45.2 Å². The molecule has 0 unspecified atom stereocenters. The van der Waals surface area contributed by atoms with E-state index in [4.69, 9.17) is 17.4 Å². The van der Waals surface area contributed by atoms with Gasteiger partial charge in [0.2, 0.25) is 11.1 Å². The summed E-state index contributed by atoms with van der Waals surface area (Å²) in [6.07, 6.45) is 3.30. The molecule has 1 aliphatic rings. The molecular formula is C17H22ClN5OS. The zero-order chi connectivity index (χ0) is 18.0. The zero-order valence-electron chi connectivity index (χ0n) is 14.4. The maximum absolute atomic E-state index is 12.6. The smallest absolute Gasteiger partial charge is 0.233 e. The first-order chi connectivity index (χ1) is 12.0. The van der Waals surface area contributed by atoms with Gasteiger partial charge in [0.25, 0.3) is 0 Å². The van der Waals surface area contributed by atoms with Crippen molar-refractivity contribution >= 4 is 29.3 Å². The minimum atomic E-state index is 0.122. The molecule has 1 saturated heterocycles. The number of rotatable bonds is 4. The van der Waals surface area contributed by atoms with Crippen LogP contribution in [-0.2, 0) is 4.79 Å². The Kier molecular flexibility index (Phi) is 5.54. The molecule has 2 N–H and O–H groups in total. The minimum Gasteiger partial charge on any atom is -0.337 e. The summed E-state index contributed by atoms with van der Waals surface area (Å²) < 4.78 is 1.41. The maximum atomic E-state index is 12.6. The molecule has 1 aliphatic heterocycles. The second-order valence-corrected chi connectivity index (χ2v) is 7.78. The third-order valence-electron chi connectivity index (χ3n) is 4.55. The first-order valence-electron chi connectivity index (χ1n) is 8.37. The van der Waals surface area contributed by atoms with Gasteiger partial charge < -0.3 is 10.7 Å². The largest absolute Gasteiger partial charge is 0.337 e. The summed E-state index contributed by atoms with van der Waals surface area (Å²) in [6, 6.07) is 7.85. The summed E-state index contributed by atoms with van der Waals surface area (Å²) in [6.45, 7) is 4.22. The van der Waals surface area contributed by atoms with Gasteiger partial charge in [0, 0.05) is 22.7 Å². The van der Waals surface area contributed by atoms with Gasteiger partial charge in [0.15, 0.2) is 5.82 Å². The van der Waals surface area contributed by atoms with Crippen LogP contribution in [0.3, 0.4) is 0 Å². The molecule has 1 amide bonds. The maximum Gasteiger partial charge on any atom is 0.233 e. The van der Waals surface area contributed by atoms with Crippen LogP contribution in [0.15, 0.2) is 29.4 Å². The van der Waals surface area contributed by atoms with Crippen molar-refractivity contribution in [1.82, 2.24) is 19.8 Å². The molecule has 8 heteroatoms. The molecule has 2 aromatic rings. The summed E-state index contributed by atoms with van der Waals surface area (Å²) in [5.41, 5.74) is 0.791. The Bertz CT molecular complexity index is 755. The van der Waals surface area contributed by atoms with Crippen molar-refractivity contribution in [2.45, 2.75) is 50.4 Å². The molecule has 3 rings (SSSR count). The van der Waals surface area contributed by atoms with Crippen molar-refractivity contribution < 1.29 is 4.79 Å². The fourth-order valence-electron chi connectivity index (χ4n) is 3.31. The average molecular weight is 380 g/mol. The van der Waals surface area contributed by atoms with E-state index in [0.717, 1.165) is 18.4 Å². The molecule has 6 nitrogen and oxygen atoms in total. The number of aromatic nitrogens is 3. The predicted octanol–water partition coefficient (Wildman–Crippen LogP) is 3.19. The molecule has 1 aromatic heterocycles. The normalized spacial score (nSPS) is 20.7. The van der Waals surface area contributed by atoms with Crippen molar-refractivity contribution in [3.63, 3.8) is 0 Å². The van der Waals surface area contributed by atoms with Crippen molar-refractivity contribution in [3.8, 4) is 11.4 Å². The van der Waals surface area contributed by atoms with E-state index in [2.05, 4.69) is 24.0 Å². The number of nitrogens with two attached hydrogens (primary N) is 1. The van der Waals surface area contributed by atoms with Gasteiger partial charge in [-0.2, -0.15) is 0 Å². The lowest BCUT2D eigenvalue weighted by Gasteiger charge is -2.39. The average Bonchev–Trinajstić information content (AvgIpc) is 2.93. The van der Waals surface area contributed by atoms with Gasteiger partial charge in [0.05, 0.1) is 5.75 Å². The van der Waals surface area contributed by atoms with E-state index in [9.17, 15) is 4.79 Å². The number of carbonyl (C=O) groups is 1. The number of halogens is 1. The predicted molar refractivity (Wildman–Crippen MR) is 101 cm³/mol. The monoisotopic (exact) mass is 379 g/mol. The summed E-state index contributed by atoms with van der Waals surface area (Å²) in [5.74, 6) is 7.06. The van der Waals surface area contributed by atoms with E-state index in [-0.39, 0.29) is 18.0 Å². The van der Waals surface area contributed by atoms with Crippen molar-refractivity contribution in [2.24, 2.45) is 0 Å². The van der Waals surface area contributed by atoms with Crippen LogP contribution < -0.4 is 5.84 Å². The summed E-state index contributed by atoms with van der Waals surface area (Å²) in [7, 11) is 0. The van der Waals surface area contributed by atoms with Crippen LogP contribution in [-0.4, -0.2) is 43.5 Å². The molecule has 25 heavy (non-hydrogen) atoms. The van der Waals surface area contributed by atoms with E-state index in [1.165, 1.54) is 22.9 Å². The van der Waals surface area contributed by atoms with Crippen LogP contribution in [0.4, 0.5) is 0 Å². The van der Waals surface area contributed by atoms with Gasteiger partial charge in [0.1, 0.15) is 0 Å². The topological polar surface area (TPSA) is 77.0 Å². The third-order valence-corrected chi connectivity index (χ3v) is 5.72. The Labute approximate surface area is 156 Å². The molecule has 0 aliphatic carbocycles. The Hall–Kier alpha value is -1.73. The second-order valence-electron chi connectivity index (χ2n) is 6.41. The Morgan fingerprint density at radius 2 is 2.04 bits per heavy atom. The van der Waals surface area contributed by atoms with E-state index < -0.39 is 0 Å². The van der Waals surface area contributed by atoms with Crippen LogP contribution in [0.25, 0.3) is 11.4 Å². The second kappa shape index (κ2) is 7.66. The Balaban J connectivity index is 1.69. The number of benzene rings is 1. The summed E-state index contributed by atoms with van der Waals surface area (Å²) in [5, 5.41) is 9.37. The number of carbonyl (C=O) groups excluding carboxylic acids is 1. The van der Waals surface area contributed by atoms with E-state index >= 15 is 0 Å². The fraction of sp³-hybridized carbons (Fsp3) is 0.471. The van der Waals surface area contributed by atoms with Crippen LogP contribution in [0, 0.1) is 0 Å². The van der Waals surface area contributed by atoms with Crippen LogP contribution in [0.2, 0.25) is 5.02 Å². The first kappa shape index (κ1) is 18.1. The summed E-state index contributed by atoms with van der Waals surface area (Å²) in [4.78, 5) is 14.6. The standard InChI is InChI=1S/C17H22ClN5OS/c1-11-5-3-6-12(2)22(11)15(24)10-25-17-21-20-16(23(17)19)13-7-4-8-14(18)9-13/h4,7-9,11-12H,3,5-6,10,19H2,1-2H3/t11-,12-/m0/s1. The van der Waals surface area contributed by atoms with Crippen molar-refractivity contribution in [2.75, 3.05) is 11.6 Å². The van der Waals surface area contributed by atoms with Crippen LogP contribution in [0.1, 0.15) is 33.1 Å². The lowest BCUT2D eigenvalue weighted by molar-refractivity contribution is -0.134. The minimum absolute atomic E-state index is 0.122. The first-order valence-corrected chi connectivity index (χ1v) is 9.74. The van der Waals surface area contributed by atoms with Crippen molar-refractivity contribution in [3.05, 3.63) is 29.3 Å². The highest BCUT2D eigenvalue weighted by Crippen LogP contribution is 2.26. The highest BCUT2D eigenvalue weighted by Gasteiger charge is 2.29. The van der Waals surface area contributed by atoms with Gasteiger partial charge in [-0.15, -0.1) is 10.2 Å². The molecule has 1 fully saturated rings. The molecular weight excluding hydrogens is 358 g/mol. The van der Waals surface area contributed by atoms with Crippen LogP contribution in [0.5, 0.6) is 0 Å². The van der Waals surface area contributed by atoms with Gasteiger partial charge >= 0.3 is 0 Å². The molecule has 0 radical (unpaired) electrons. The number of hydrogen-bond donors (Lipinski definition) is 1. The number of nitrogens with zero attached hydrogens (tertiary/aromatic N) is 4. The Morgan fingerprint density at radius 3 is 2.72 bits per heavy atom. The van der Waals surface area contributed by atoms with Crippen molar-refractivity contribution in [1.29, 1.82) is 0 Å². The Morgan fingerprint density at radius 1 is 1.32 bits per heavy atom. The molecule has 134 valence electrons. The number of hydrogen-bond acceptors (Lipinski definition) is 5. The molecule has 2 heterocycles. The van der Waals surface area contributed by atoms with Gasteiger partial charge in [-0.3, -0.25) is 4.79 Å². The lowest BCUT2D eigenvalue weighted by Crippen LogP contribution is -2.48. The molecule has 1 aromatic carbocycles. The zero-order valence-corrected chi connectivity index (χ0v) is 15.9. The number of thioether (sulfide) groups is 1. The van der Waals surface area contributed by atoms with E-state index in [1.54, 1.807) is 12.1 Å². The SMILES string of the molecule is C[C@H]1CCC[C@H](C)N1C(=O)CSc1nnc(-c2cccc(Cl)c2)n1N. The quantitative estimate of drug-likeness (QED) is 0.652. The molecule has 0 bridgehead atoms. The van der Waals surface area contributed by atoms with E-state index in [0.29, 0.717) is 21.8 Å². The molecule has 0 spiro atoms. The van der Waals surface area contributed by atoms with Crippen LogP contribution >= 0.6 is 23.4 Å². The third kappa shape index (κ3) is 3.93. The number of amides is 1. The molecule has 2 atom stereocenters. The number of likely N-dealkylation sites (tertiary alicyclic amines) is 1. The molecule has 0 saturated carbocycles. The highest BCUT2D eigenvalue weighted by atomic mass is 35.5. The highest BCUT2D eigenvalue weighted by molar-refractivity contribution is 7.99. The number of piperidine rings is 1.